The Morgan fingerprint density at radius 3 is 2.66 bits per heavy atom. The number of hydrogen-bond donors (Lipinski definition) is 1. The minimum atomic E-state index is -0.850. The highest BCUT2D eigenvalue weighted by atomic mass is 19.1. The number of aryl methyl sites for hydroxylation is 2. The van der Waals surface area contributed by atoms with Gasteiger partial charge in [0.05, 0.1) is 18.7 Å². The quantitative estimate of drug-likeness (QED) is 0.298. The fourth-order valence-electron chi connectivity index (χ4n) is 5.97. The summed E-state index contributed by atoms with van der Waals surface area (Å²) in [4.78, 5) is 15.6. The number of carbonyl (C=O) groups is 1. The van der Waals surface area contributed by atoms with E-state index in [9.17, 15) is 4.79 Å². The van der Waals surface area contributed by atoms with E-state index in [1.54, 1.807) is 18.3 Å². The molecule has 38 heavy (non-hydrogen) atoms. The smallest absolute Gasteiger partial charge is 0.304 e. The largest absolute Gasteiger partial charge is 0.492 e. The van der Waals surface area contributed by atoms with Gasteiger partial charge in [-0.1, -0.05) is 18.2 Å². The van der Waals surface area contributed by atoms with Crippen LogP contribution in [-0.2, 0) is 11.2 Å². The maximum atomic E-state index is 15.2. The average Bonchev–Trinajstić information content (AvgIpc) is 3.50. The first-order valence-electron chi connectivity index (χ1n) is 12.9. The van der Waals surface area contributed by atoms with E-state index in [0.717, 1.165) is 51.1 Å². The number of pyridine rings is 1. The van der Waals surface area contributed by atoms with Gasteiger partial charge in [0.2, 0.25) is 0 Å². The maximum Gasteiger partial charge on any atom is 0.304 e. The Morgan fingerprint density at radius 2 is 1.92 bits per heavy atom. The van der Waals surface area contributed by atoms with Crippen LogP contribution < -0.4 is 9.47 Å². The van der Waals surface area contributed by atoms with Gasteiger partial charge in [-0.25, -0.2) is 4.39 Å². The van der Waals surface area contributed by atoms with Crippen molar-refractivity contribution in [2.75, 3.05) is 6.61 Å². The van der Waals surface area contributed by atoms with E-state index in [4.69, 9.17) is 14.6 Å². The Kier molecular flexibility index (Phi) is 6.10. The molecule has 0 bridgehead atoms. The van der Waals surface area contributed by atoms with Gasteiger partial charge in [0, 0.05) is 34.9 Å². The Labute approximate surface area is 220 Å². The SMILES string of the molecule is Cc1cc(-c2ccccn2)cc(C)c1-c1ccc(F)c2c1CC[C@H]2Oc1ccc2c(c1)OCC2CC(=O)O. The standard InChI is InChI=1S/C32H28FNO4/c1-18-13-20(27-5-3-4-12-34-27)14-19(2)31(18)24-8-10-26(33)32-25(24)9-11-28(32)38-22-6-7-23-21(15-30(35)36)17-37-29(23)16-22/h3-8,10,12-14,16,21,28H,9,11,15,17H2,1-2H3,(H,35,36)/t21?,28-/m1/s1. The van der Waals surface area contributed by atoms with Gasteiger partial charge in [0.1, 0.15) is 23.4 Å². The first-order chi connectivity index (χ1) is 18.4. The van der Waals surface area contributed by atoms with Crippen LogP contribution in [0.5, 0.6) is 11.5 Å². The van der Waals surface area contributed by atoms with Crippen molar-refractivity contribution in [1.82, 2.24) is 4.98 Å². The summed E-state index contributed by atoms with van der Waals surface area (Å²) < 4.78 is 27.3. The lowest BCUT2D eigenvalue weighted by molar-refractivity contribution is -0.137. The van der Waals surface area contributed by atoms with Crippen LogP contribution in [0.25, 0.3) is 22.4 Å². The van der Waals surface area contributed by atoms with Gasteiger partial charge in [0.15, 0.2) is 0 Å². The Bertz CT molecular complexity index is 1530. The van der Waals surface area contributed by atoms with E-state index < -0.39 is 12.1 Å². The van der Waals surface area contributed by atoms with Crippen LogP contribution in [0.4, 0.5) is 4.39 Å². The molecule has 6 heteroatoms. The molecule has 0 amide bonds. The number of fused-ring (bicyclic) bond motifs is 2. The number of nitrogens with zero attached hydrogens (tertiary/aromatic N) is 1. The van der Waals surface area contributed by atoms with E-state index in [2.05, 4.69) is 31.0 Å². The zero-order valence-electron chi connectivity index (χ0n) is 21.3. The number of hydrogen-bond acceptors (Lipinski definition) is 4. The minimum absolute atomic E-state index is 0.0267. The number of aliphatic carboxylic acids is 1. The zero-order valence-corrected chi connectivity index (χ0v) is 21.3. The molecule has 5 nitrogen and oxygen atoms in total. The molecule has 2 atom stereocenters. The van der Waals surface area contributed by atoms with Gasteiger partial charge in [-0.3, -0.25) is 9.78 Å². The van der Waals surface area contributed by atoms with Gasteiger partial charge >= 0.3 is 5.97 Å². The molecule has 3 aromatic carbocycles. The van der Waals surface area contributed by atoms with Crippen LogP contribution in [0, 0.1) is 19.7 Å². The lowest BCUT2D eigenvalue weighted by Crippen LogP contribution is -2.07. The van der Waals surface area contributed by atoms with E-state index >= 15 is 4.39 Å². The number of ether oxygens (including phenoxy) is 2. The van der Waals surface area contributed by atoms with Crippen molar-refractivity contribution in [3.05, 3.63) is 100 Å². The Hall–Kier alpha value is -4.19. The maximum absolute atomic E-state index is 15.2. The second kappa shape index (κ2) is 9.60. The Balaban J connectivity index is 1.31. The topological polar surface area (TPSA) is 68.7 Å². The molecule has 0 radical (unpaired) electrons. The van der Waals surface area contributed by atoms with Gasteiger partial charge in [0.25, 0.3) is 0 Å². The van der Waals surface area contributed by atoms with Gasteiger partial charge in [-0.2, -0.15) is 0 Å². The summed E-state index contributed by atoms with van der Waals surface area (Å²) in [5.74, 6) is -0.0442. The lowest BCUT2D eigenvalue weighted by Gasteiger charge is -2.19. The highest BCUT2D eigenvalue weighted by Crippen LogP contribution is 2.45. The fraction of sp³-hybridized carbons (Fsp3) is 0.250. The summed E-state index contributed by atoms with van der Waals surface area (Å²) in [7, 11) is 0. The third-order valence-corrected chi connectivity index (χ3v) is 7.61. The van der Waals surface area contributed by atoms with Crippen molar-refractivity contribution in [2.24, 2.45) is 0 Å². The van der Waals surface area contributed by atoms with Crippen LogP contribution in [0.2, 0.25) is 0 Å². The average molecular weight is 510 g/mol. The van der Waals surface area contributed by atoms with Crippen molar-refractivity contribution in [2.45, 2.75) is 45.1 Å². The third kappa shape index (κ3) is 4.30. The molecular formula is C32H28FNO4. The molecule has 0 spiro atoms. The highest BCUT2D eigenvalue weighted by Gasteiger charge is 2.32. The number of carboxylic acid groups (broad SMARTS) is 1. The molecule has 0 fully saturated rings. The number of benzene rings is 3. The van der Waals surface area contributed by atoms with Crippen molar-refractivity contribution in [1.29, 1.82) is 0 Å². The summed E-state index contributed by atoms with van der Waals surface area (Å²) >= 11 is 0. The third-order valence-electron chi connectivity index (χ3n) is 7.61. The van der Waals surface area contributed by atoms with Crippen LogP contribution >= 0.6 is 0 Å². The van der Waals surface area contributed by atoms with E-state index in [-0.39, 0.29) is 18.2 Å². The molecule has 2 heterocycles. The first-order valence-corrected chi connectivity index (χ1v) is 12.9. The van der Waals surface area contributed by atoms with Crippen LogP contribution in [-0.4, -0.2) is 22.7 Å². The summed E-state index contributed by atoms with van der Waals surface area (Å²) in [6.45, 7) is 4.53. The van der Waals surface area contributed by atoms with Crippen LogP contribution in [0.1, 0.15) is 52.7 Å². The molecule has 4 aromatic rings. The molecule has 0 saturated heterocycles. The zero-order chi connectivity index (χ0) is 26.4. The molecule has 1 N–H and O–H groups in total. The normalized spacial score (nSPS) is 17.6. The number of halogens is 1. The van der Waals surface area contributed by atoms with E-state index in [1.807, 2.05) is 36.4 Å². The summed E-state index contributed by atoms with van der Waals surface area (Å²) in [5, 5.41) is 9.15. The predicted octanol–water partition coefficient (Wildman–Crippen LogP) is 7.19. The number of carboxylic acids is 1. The fourth-order valence-corrected chi connectivity index (χ4v) is 5.97. The first kappa shape index (κ1) is 24.2. The Morgan fingerprint density at radius 1 is 1.11 bits per heavy atom. The lowest BCUT2D eigenvalue weighted by atomic mass is 9.88. The molecule has 1 aliphatic heterocycles. The molecule has 192 valence electrons. The number of rotatable bonds is 6. The molecule has 1 aliphatic carbocycles. The van der Waals surface area contributed by atoms with Crippen molar-refractivity contribution in [3.63, 3.8) is 0 Å². The molecular weight excluding hydrogens is 481 g/mol. The summed E-state index contributed by atoms with van der Waals surface area (Å²) in [6.07, 6.45) is 2.80. The monoisotopic (exact) mass is 509 g/mol. The van der Waals surface area contributed by atoms with Crippen LogP contribution in [0.15, 0.2) is 66.9 Å². The van der Waals surface area contributed by atoms with E-state index in [0.29, 0.717) is 30.1 Å². The molecule has 1 aromatic heterocycles. The number of aromatic nitrogens is 1. The van der Waals surface area contributed by atoms with Crippen LogP contribution in [0.3, 0.4) is 0 Å². The van der Waals surface area contributed by atoms with Gasteiger partial charge in [-0.15, -0.1) is 0 Å². The summed E-state index contributed by atoms with van der Waals surface area (Å²) in [6, 6.07) is 19.1. The predicted molar refractivity (Wildman–Crippen MR) is 143 cm³/mol. The second-order valence-electron chi connectivity index (χ2n) is 10.1. The molecule has 1 unspecified atom stereocenters. The highest BCUT2D eigenvalue weighted by molar-refractivity contribution is 5.79. The molecule has 2 aliphatic rings. The van der Waals surface area contributed by atoms with Gasteiger partial charge < -0.3 is 14.6 Å². The summed E-state index contributed by atoms with van der Waals surface area (Å²) in [5.41, 5.74) is 8.88. The second-order valence-corrected chi connectivity index (χ2v) is 10.1. The minimum Gasteiger partial charge on any atom is -0.492 e. The van der Waals surface area contributed by atoms with Gasteiger partial charge in [-0.05, 0) is 90.9 Å². The van der Waals surface area contributed by atoms with E-state index in [1.165, 1.54) is 0 Å². The molecule has 0 saturated carbocycles. The molecule has 6 rings (SSSR count). The van der Waals surface area contributed by atoms with Crippen molar-refractivity contribution >= 4 is 5.97 Å². The van der Waals surface area contributed by atoms with Crippen molar-refractivity contribution < 1.29 is 23.8 Å². The van der Waals surface area contributed by atoms with Crippen molar-refractivity contribution in [3.8, 4) is 33.9 Å².